The Morgan fingerprint density at radius 1 is 1.11 bits per heavy atom. The molecule has 3 amide bonds. The van der Waals surface area contributed by atoms with Crippen LogP contribution >= 0.6 is 11.8 Å². The minimum absolute atomic E-state index is 0.241. The number of imide groups is 1. The molecule has 1 aliphatic rings. The Morgan fingerprint density at radius 3 is 2.42 bits per heavy atom. The van der Waals surface area contributed by atoms with Crippen molar-refractivity contribution in [1.82, 2.24) is 4.90 Å². The molecule has 1 heterocycles. The molecule has 2 aromatic carbocycles. The number of rotatable bonds is 11. The molecule has 0 unspecified atom stereocenters. The van der Waals surface area contributed by atoms with Crippen molar-refractivity contribution in [3.63, 3.8) is 0 Å². The summed E-state index contributed by atoms with van der Waals surface area (Å²) in [7, 11) is 0. The number of hydrogen-bond acceptors (Lipinski definition) is 6. The zero-order valence-corrected chi connectivity index (χ0v) is 21.9. The van der Waals surface area contributed by atoms with E-state index in [0.29, 0.717) is 48.3 Å². The summed E-state index contributed by atoms with van der Waals surface area (Å²) in [4.78, 5) is 39.3. The van der Waals surface area contributed by atoms with E-state index in [1.807, 2.05) is 44.2 Å². The number of hydrogen-bond donors (Lipinski definition) is 1. The van der Waals surface area contributed by atoms with Crippen LogP contribution in [0, 0.1) is 0 Å². The minimum Gasteiger partial charge on any atom is -0.490 e. The summed E-state index contributed by atoms with van der Waals surface area (Å²) >= 11 is 0.809. The van der Waals surface area contributed by atoms with E-state index in [2.05, 4.69) is 25.7 Å². The van der Waals surface area contributed by atoms with Crippen LogP contribution in [-0.4, -0.2) is 41.7 Å². The lowest BCUT2D eigenvalue weighted by atomic mass is 10.0. The van der Waals surface area contributed by atoms with Gasteiger partial charge in [-0.3, -0.25) is 19.3 Å². The minimum atomic E-state index is -0.507. The smallest absolute Gasteiger partial charge is 0.294 e. The van der Waals surface area contributed by atoms with Gasteiger partial charge in [0, 0.05) is 11.3 Å². The number of amides is 3. The van der Waals surface area contributed by atoms with Gasteiger partial charge in [0.2, 0.25) is 5.91 Å². The first kappa shape index (κ1) is 27.1. The van der Waals surface area contributed by atoms with Gasteiger partial charge >= 0.3 is 0 Å². The van der Waals surface area contributed by atoms with Crippen molar-refractivity contribution < 1.29 is 23.9 Å². The second kappa shape index (κ2) is 12.4. The third kappa shape index (κ3) is 6.57. The van der Waals surface area contributed by atoms with Gasteiger partial charge in [-0.15, -0.1) is 6.58 Å². The van der Waals surface area contributed by atoms with Gasteiger partial charge in [0.1, 0.15) is 6.54 Å². The van der Waals surface area contributed by atoms with Crippen molar-refractivity contribution >= 4 is 40.6 Å². The molecule has 0 aromatic heterocycles. The van der Waals surface area contributed by atoms with Crippen LogP contribution in [-0.2, 0) is 16.0 Å². The Morgan fingerprint density at radius 2 is 1.81 bits per heavy atom. The van der Waals surface area contributed by atoms with Gasteiger partial charge in [0.05, 0.1) is 18.1 Å². The highest BCUT2D eigenvalue weighted by Gasteiger charge is 2.36. The van der Waals surface area contributed by atoms with Crippen molar-refractivity contribution in [3.8, 4) is 11.5 Å². The average Bonchev–Trinajstić information content (AvgIpc) is 3.09. The fourth-order valence-corrected chi connectivity index (χ4v) is 4.57. The Labute approximate surface area is 216 Å². The molecule has 0 atom stereocenters. The Bertz CT molecular complexity index is 1170. The molecular weight excluding hydrogens is 476 g/mol. The highest BCUT2D eigenvalue weighted by atomic mass is 32.2. The molecule has 2 aromatic rings. The van der Waals surface area contributed by atoms with Crippen molar-refractivity contribution in [2.75, 3.05) is 25.1 Å². The van der Waals surface area contributed by atoms with Crippen LogP contribution in [0.4, 0.5) is 10.5 Å². The molecular formula is C28H32N2O5S. The van der Waals surface area contributed by atoms with Crippen LogP contribution in [0.2, 0.25) is 0 Å². The number of carbonyl (C=O) groups is 3. The van der Waals surface area contributed by atoms with E-state index < -0.39 is 17.1 Å². The Kier molecular flexibility index (Phi) is 9.36. The lowest BCUT2D eigenvalue weighted by molar-refractivity contribution is -0.127. The topological polar surface area (TPSA) is 84.9 Å². The monoisotopic (exact) mass is 508 g/mol. The van der Waals surface area contributed by atoms with Gasteiger partial charge in [-0.2, -0.15) is 0 Å². The van der Waals surface area contributed by atoms with Gasteiger partial charge in [0.25, 0.3) is 11.1 Å². The number of allylic oxidation sites excluding steroid dienone is 1. The number of benzene rings is 2. The molecule has 0 saturated carbocycles. The lowest BCUT2D eigenvalue weighted by Gasteiger charge is -2.16. The first-order chi connectivity index (χ1) is 17.3. The van der Waals surface area contributed by atoms with E-state index in [9.17, 15) is 14.4 Å². The molecule has 7 nitrogen and oxygen atoms in total. The Balaban J connectivity index is 1.78. The van der Waals surface area contributed by atoms with Crippen LogP contribution < -0.4 is 14.8 Å². The number of anilines is 1. The molecule has 0 aliphatic carbocycles. The maximum absolute atomic E-state index is 13.0. The molecule has 1 N–H and O–H groups in total. The fourth-order valence-electron chi connectivity index (χ4n) is 3.73. The van der Waals surface area contributed by atoms with Gasteiger partial charge in [-0.05, 0) is 79.4 Å². The molecule has 1 fully saturated rings. The number of nitrogens with one attached hydrogen (secondary N) is 1. The second-order valence-corrected chi connectivity index (χ2v) is 9.45. The lowest BCUT2D eigenvalue weighted by Crippen LogP contribution is -2.36. The molecule has 1 saturated heterocycles. The standard InChI is InChI=1S/C28H32N2O5S/c1-6-9-21-14-19(15-23(34-7-2)26(21)35-8-3)16-24-27(32)30(28(33)36-24)17-25(31)29-22-12-10-20(11-13-22)18(4)5/h6,10-16,18H,1,7-9,17H2,2-5H3,(H,29,31)/b24-16+. The van der Waals surface area contributed by atoms with E-state index in [4.69, 9.17) is 9.47 Å². The molecule has 8 heteroatoms. The van der Waals surface area contributed by atoms with Crippen LogP contribution in [0.3, 0.4) is 0 Å². The number of nitrogens with zero attached hydrogens (tertiary/aromatic N) is 1. The first-order valence-corrected chi connectivity index (χ1v) is 12.8. The maximum atomic E-state index is 13.0. The number of ether oxygens (including phenoxy) is 2. The van der Waals surface area contributed by atoms with Gasteiger partial charge in [-0.1, -0.05) is 32.1 Å². The van der Waals surface area contributed by atoms with Crippen LogP contribution in [0.25, 0.3) is 6.08 Å². The fraction of sp³-hybridized carbons (Fsp3) is 0.321. The quantitative estimate of drug-likeness (QED) is 0.296. The molecule has 190 valence electrons. The maximum Gasteiger partial charge on any atom is 0.294 e. The Hall–Kier alpha value is -3.52. The molecule has 0 spiro atoms. The van der Waals surface area contributed by atoms with Gasteiger partial charge < -0.3 is 14.8 Å². The van der Waals surface area contributed by atoms with Crippen LogP contribution in [0.5, 0.6) is 11.5 Å². The molecule has 0 radical (unpaired) electrons. The van der Waals surface area contributed by atoms with Crippen molar-refractivity contribution in [3.05, 3.63) is 70.6 Å². The van der Waals surface area contributed by atoms with Crippen LogP contribution in [0.1, 0.15) is 50.3 Å². The van der Waals surface area contributed by atoms with Crippen molar-refractivity contribution in [2.24, 2.45) is 0 Å². The van der Waals surface area contributed by atoms with Crippen LogP contribution in [0.15, 0.2) is 54.0 Å². The van der Waals surface area contributed by atoms with Crippen molar-refractivity contribution in [1.29, 1.82) is 0 Å². The summed E-state index contributed by atoms with van der Waals surface area (Å²) in [5, 5.41) is 2.26. The van der Waals surface area contributed by atoms with E-state index in [1.165, 1.54) is 0 Å². The summed E-state index contributed by atoms with van der Waals surface area (Å²) in [6.45, 7) is 12.3. The summed E-state index contributed by atoms with van der Waals surface area (Å²) in [6, 6.07) is 11.2. The van der Waals surface area contributed by atoms with E-state index in [1.54, 1.807) is 18.2 Å². The van der Waals surface area contributed by atoms with Gasteiger partial charge in [0.15, 0.2) is 11.5 Å². The molecule has 0 bridgehead atoms. The normalized spacial score (nSPS) is 14.5. The average molecular weight is 509 g/mol. The predicted molar refractivity (Wildman–Crippen MR) is 145 cm³/mol. The first-order valence-electron chi connectivity index (χ1n) is 12.0. The summed E-state index contributed by atoms with van der Waals surface area (Å²) in [5.74, 6) is 0.635. The third-order valence-electron chi connectivity index (χ3n) is 5.44. The summed E-state index contributed by atoms with van der Waals surface area (Å²) in [5.41, 5.74) is 3.33. The van der Waals surface area contributed by atoms with E-state index >= 15 is 0 Å². The largest absolute Gasteiger partial charge is 0.490 e. The molecule has 36 heavy (non-hydrogen) atoms. The summed E-state index contributed by atoms with van der Waals surface area (Å²) in [6.07, 6.45) is 3.95. The van der Waals surface area contributed by atoms with E-state index in [-0.39, 0.29) is 11.4 Å². The van der Waals surface area contributed by atoms with Gasteiger partial charge in [-0.25, -0.2) is 0 Å². The predicted octanol–water partition coefficient (Wildman–Crippen LogP) is 6.01. The summed E-state index contributed by atoms with van der Waals surface area (Å²) < 4.78 is 11.6. The molecule has 1 aliphatic heterocycles. The highest BCUT2D eigenvalue weighted by molar-refractivity contribution is 8.18. The zero-order chi connectivity index (χ0) is 26.2. The zero-order valence-electron chi connectivity index (χ0n) is 21.1. The SMILES string of the molecule is C=CCc1cc(/C=C2/SC(=O)N(CC(=O)Nc3ccc(C(C)C)cc3)C2=O)cc(OCC)c1OCC. The number of thioether (sulfide) groups is 1. The molecule has 3 rings (SSSR count). The van der Waals surface area contributed by atoms with Crippen molar-refractivity contribution in [2.45, 2.75) is 40.0 Å². The third-order valence-corrected chi connectivity index (χ3v) is 6.35. The number of carbonyl (C=O) groups excluding carboxylic acids is 3. The second-order valence-electron chi connectivity index (χ2n) is 8.46. The van der Waals surface area contributed by atoms with E-state index in [0.717, 1.165) is 27.8 Å². The highest BCUT2D eigenvalue weighted by Crippen LogP contribution is 2.37.